The van der Waals surface area contributed by atoms with Crippen LogP contribution in [-0.4, -0.2) is 9.97 Å². The largest absolute Gasteiger partial charge is 0.454 e. The molecule has 0 bridgehead atoms. The monoisotopic (exact) mass is 725 g/mol. The smallest absolute Gasteiger partial charge is 0.146 e. The SMILES string of the molecule is CCCCCC1CCC(C2CCC(Cc3cc(Oc4cnc(CC)c(CC5CCC(C6CCC(CCCCC)CC6)CC5)c4)cnc3CC)CC2)CC1. The number of aryl methyl sites for hydroxylation is 2. The van der Waals surface area contributed by atoms with Gasteiger partial charge < -0.3 is 4.74 Å². The Bertz CT molecular complexity index is 1220. The highest BCUT2D eigenvalue weighted by atomic mass is 16.5. The van der Waals surface area contributed by atoms with Gasteiger partial charge in [-0.2, -0.15) is 0 Å². The molecule has 296 valence electrons. The van der Waals surface area contributed by atoms with Crippen LogP contribution in [0.3, 0.4) is 0 Å². The van der Waals surface area contributed by atoms with Crippen molar-refractivity contribution in [3.63, 3.8) is 0 Å². The molecule has 3 nitrogen and oxygen atoms in total. The van der Waals surface area contributed by atoms with Crippen molar-refractivity contribution in [1.29, 1.82) is 0 Å². The number of nitrogens with zero attached hydrogens (tertiary/aromatic N) is 2. The number of ether oxygens (including phenoxy) is 1. The first-order valence-corrected chi connectivity index (χ1v) is 23.7. The van der Waals surface area contributed by atoms with E-state index in [1.807, 2.05) is 12.4 Å². The second-order valence-electron chi connectivity index (χ2n) is 18.9. The number of aromatic nitrogens is 2. The Hall–Kier alpha value is -1.90. The van der Waals surface area contributed by atoms with E-state index in [1.54, 1.807) is 0 Å². The van der Waals surface area contributed by atoms with Crippen LogP contribution in [0.5, 0.6) is 11.5 Å². The summed E-state index contributed by atoms with van der Waals surface area (Å²) in [5.74, 6) is 9.38. The number of unbranched alkanes of at least 4 members (excludes halogenated alkanes) is 4. The van der Waals surface area contributed by atoms with Gasteiger partial charge in [0.25, 0.3) is 0 Å². The van der Waals surface area contributed by atoms with Gasteiger partial charge in [0, 0.05) is 11.4 Å². The lowest BCUT2D eigenvalue weighted by atomic mass is 9.68. The van der Waals surface area contributed by atoms with Gasteiger partial charge in [-0.1, -0.05) is 105 Å². The second-order valence-corrected chi connectivity index (χ2v) is 18.9. The van der Waals surface area contributed by atoms with Crippen LogP contribution < -0.4 is 4.74 Å². The van der Waals surface area contributed by atoms with Crippen LogP contribution in [0.15, 0.2) is 24.5 Å². The molecule has 4 aliphatic rings. The quantitative estimate of drug-likeness (QED) is 0.144. The molecule has 2 aromatic heterocycles. The van der Waals surface area contributed by atoms with Crippen LogP contribution in [0.1, 0.15) is 204 Å². The molecule has 0 amide bonds. The topological polar surface area (TPSA) is 35.0 Å². The molecule has 4 fully saturated rings. The Labute approximate surface area is 327 Å². The molecule has 0 aromatic carbocycles. The van der Waals surface area contributed by atoms with Crippen LogP contribution in [0.2, 0.25) is 0 Å². The van der Waals surface area contributed by atoms with Crippen molar-refractivity contribution in [3.05, 3.63) is 47.0 Å². The van der Waals surface area contributed by atoms with E-state index in [1.165, 1.54) is 177 Å². The zero-order valence-electron chi connectivity index (χ0n) is 35.0. The summed E-state index contributed by atoms with van der Waals surface area (Å²) in [6.07, 6.45) is 43.1. The lowest BCUT2D eigenvalue weighted by Crippen LogP contribution is -2.26. The van der Waals surface area contributed by atoms with Gasteiger partial charge in [0.1, 0.15) is 11.5 Å². The van der Waals surface area contributed by atoms with Gasteiger partial charge in [-0.3, -0.25) is 9.97 Å². The molecule has 0 aliphatic heterocycles. The van der Waals surface area contributed by atoms with E-state index >= 15 is 0 Å². The predicted octanol–water partition coefficient (Wildman–Crippen LogP) is 14.9. The van der Waals surface area contributed by atoms with Crippen molar-refractivity contribution >= 4 is 0 Å². The molecular formula is C50H80N2O. The normalized spacial score (nSPS) is 29.6. The number of hydrogen-bond acceptors (Lipinski definition) is 3. The highest BCUT2D eigenvalue weighted by Crippen LogP contribution is 2.45. The average molecular weight is 725 g/mol. The summed E-state index contributed by atoms with van der Waals surface area (Å²) >= 11 is 0. The van der Waals surface area contributed by atoms with Gasteiger partial charge >= 0.3 is 0 Å². The zero-order chi connectivity index (χ0) is 36.8. The van der Waals surface area contributed by atoms with E-state index in [4.69, 9.17) is 14.7 Å². The maximum Gasteiger partial charge on any atom is 0.146 e. The summed E-state index contributed by atoms with van der Waals surface area (Å²) in [6, 6.07) is 4.65. The van der Waals surface area contributed by atoms with Crippen molar-refractivity contribution in [1.82, 2.24) is 9.97 Å². The molecule has 2 heterocycles. The van der Waals surface area contributed by atoms with Gasteiger partial charge in [0.15, 0.2) is 0 Å². The first-order chi connectivity index (χ1) is 26.0. The maximum atomic E-state index is 6.58. The Morgan fingerprint density at radius 2 is 0.792 bits per heavy atom. The summed E-state index contributed by atoms with van der Waals surface area (Å²) in [7, 11) is 0. The Kier molecular flexibility index (Phi) is 16.5. The van der Waals surface area contributed by atoms with Crippen LogP contribution >= 0.6 is 0 Å². The molecule has 0 radical (unpaired) electrons. The van der Waals surface area contributed by atoms with E-state index < -0.39 is 0 Å². The van der Waals surface area contributed by atoms with Gasteiger partial charge in [0.05, 0.1) is 12.4 Å². The molecule has 0 unspecified atom stereocenters. The minimum absolute atomic E-state index is 0.789. The fraction of sp³-hybridized carbons (Fsp3) is 0.800. The standard InChI is InChI=1S/C50H80N2O/c1-5-9-11-13-37-15-23-41(24-16-37)43-27-19-39(20-28-43)31-45-33-47(35-51-49(45)7-3)53-48-34-46(50(8-4)52-36-48)32-40-21-29-44(30-22-40)42-25-17-38(18-26-42)14-12-10-6-2/h33-44H,5-32H2,1-4H3. The molecule has 2 aromatic rings. The summed E-state index contributed by atoms with van der Waals surface area (Å²) in [5, 5.41) is 0. The van der Waals surface area contributed by atoms with E-state index in [-0.39, 0.29) is 0 Å². The van der Waals surface area contributed by atoms with Crippen molar-refractivity contribution in [2.24, 2.45) is 47.3 Å². The van der Waals surface area contributed by atoms with E-state index in [0.717, 1.165) is 84.5 Å². The van der Waals surface area contributed by atoms with Crippen molar-refractivity contribution in [3.8, 4) is 11.5 Å². The molecule has 0 spiro atoms. The molecule has 53 heavy (non-hydrogen) atoms. The molecule has 6 rings (SSSR count). The molecule has 3 heteroatoms. The lowest BCUT2D eigenvalue weighted by Gasteiger charge is -2.38. The predicted molar refractivity (Wildman–Crippen MR) is 225 cm³/mol. The van der Waals surface area contributed by atoms with Gasteiger partial charge in [-0.25, -0.2) is 0 Å². The third-order valence-electron chi connectivity index (χ3n) is 15.3. The molecule has 0 atom stereocenters. The minimum Gasteiger partial charge on any atom is -0.454 e. The van der Waals surface area contributed by atoms with E-state index in [9.17, 15) is 0 Å². The first-order valence-electron chi connectivity index (χ1n) is 23.7. The molecule has 4 saturated carbocycles. The average Bonchev–Trinajstić information content (AvgIpc) is 3.20. The summed E-state index contributed by atoms with van der Waals surface area (Å²) in [4.78, 5) is 9.90. The van der Waals surface area contributed by atoms with Crippen LogP contribution in [0, 0.1) is 47.3 Å². The second kappa shape index (κ2) is 21.4. The molecule has 0 saturated heterocycles. The Morgan fingerprint density at radius 3 is 1.11 bits per heavy atom. The highest BCUT2D eigenvalue weighted by molar-refractivity contribution is 5.36. The number of rotatable bonds is 18. The van der Waals surface area contributed by atoms with Crippen LogP contribution in [0.4, 0.5) is 0 Å². The lowest BCUT2D eigenvalue weighted by molar-refractivity contribution is 0.142. The first kappa shape index (κ1) is 40.8. The number of pyridine rings is 2. The molecule has 4 aliphatic carbocycles. The minimum atomic E-state index is 0.789. The van der Waals surface area contributed by atoms with E-state index in [2.05, 4.69) is 39.8 Å². The van der Waals surface area contributed by atoms with Crippen LogP contribution in [0.25, 0.3) is 0 Å². The van der Waals surface area contributed by atoms with Crippen molar-refractivity contribution in [2.75, 3.05) is 0 Å². The third kappa shape index (κ3) is 12.0. The fourth-order valence-corrected chi connectivity index (χ4v) is 11.9. The van der Waals surface area contributed by atoms with E-state index in [0.29, 0.717) is 0 Å². The van der Waals surface area contributed by atoms with Crippen molar-refractivity contribution in [2.45, 2.75) is 207 Å². The molecule has 0 N–H and O–H groups in total. The Balaban J connectivity index is 0.972. The maximum absolute atomic E-state index is 6.58. The van der Waals surface area contributed by atoms with Crippen molar-refractivity contribution < 1.29 is 4.74 Å². The van der Waals surface area contributed by atoms with Gasteiger partial charge in [-0.15, -0.1) is 0 Å². The Morgan fingerprint density at radius 1 is 0.453 bits per heavy atom. The summed E-state index contributed by atoms with van der Waals surface area (Å²) in [5.41, 5.74) is 5.36. The fourth-order valence-electron chi connectivity index (χ4n) is 11.9. The summed E-state index contributed by atoms with van der Waals surface area (Å²) < 4.78 is 6.58. The zero-order valence-corrected chi connectivity index (χ0v) is 35.0. The van der Waals surface area contributed by atoms with Crippen LogP contribution in [-0.2, 0) is 25.7 Å². The molecular weight excluding hydrogens is 645 g/mol. The van der Waals surface area contributed by atoms with Gasteiger partial charge in [-0.05, 0) is 173 Å². The van der Waals surface area contributed by atoms with Gasteiger partial charge in [0.2, 0.25) is 0 Å². The summed E-state index contributed by atoms with van der Waals surface area (Å²) in [6.45, 7) is 9.19. The number of hydrogen-bond donors (Lipinski definition) is 0. The third-order valence-corrected chi connectivity index (χ3v) is 15.3. The highest BCUT2D eigenvalue weighted by Gasteiger charge is 2.32.